The number of carboxylic acid groups (broad SMARTS) is 1. The minimum atomic E-state index is -1.11. The van der Waals surface area contributed by atoms with E-state index >= 15 is 0 Å². The van der Waals surface area contributed by atoms with Crippen molar-refractivity contribution in [2.45, 2.75) is 0 Å². The summed E-state index contributed by atoms with van der Waals surface area (Å²) in [6.07, 6.45) is 0. The van der Waals surface area contributed by atoms with Crippen molar-refractivity contribution >= 4 is 43.7 Å². The quantitative estimate of drug-likeness (QED) is 0.645. The Hall–Kier alpha value is -2.21. The number of para-hydroxylation sites is 3. The molecule has 2 N–H and O–H groups in total. The first kappa shape index (κ1) is 22.8. The molecule has 6 heteroatoms. The zero-order valence-corrected chi connectivity index (χ0v) is 15.6. The molecule has 3 aromatic carbocycles. The molecule has 0 unspecified atom stereocenters. The average Bonchev–Trinajstić information content (AvgIpc) is 2.57. The van der Waals surface area contributed by atoms with Crippen molar-refractivity contribution in [2.24, 2.45) is 0 Å². The van der Waals surface area contributed by atoms with Gasteiger partial charge in [0.05, 0.1) is 0 Å². The summed E-state index contributed by atoms with van der Waals surface area (Å²) in [6, 6.07) is 22.5. The van der Waals surface area contributed by atoms with Crippen LogP contribution in [-0.2, 0) is 0 Å². The smallest absolute Gasteiger partial charge is 0.872 e. The molecule has 0 amide bonds. The van der Waals surface area contributed by atoms with Crippen molar-refractivity contribution in [3.63, 3.8) is 0 Å². The van der Waals surface area contributed by atoms with Crippen molar-refractivity contribution in [3.8, 4) is 17.2 Å². The number of hydrogen-bond donors (Lipinski definition) is 2. The van der Waals surface area contributed by atoms with Crippen LogP contribution in [-0.4, -0.2) is 53.9 Å². The molecule has 0 saturated heterocycles. The Balaban J connectivity index is 0.000000347. The molecule has 25 heavy (non-hydrogen) atoms. The van der Waals surface area contributed by atoms with E-state index in [1.165, 1.54) is 36.4 Å². The summed E-state index contributed by atoms with van der Waals surface area (Å²) in [5.41, 5.74) is -0.0671. The van der Waals surface area contributed by atoms with E-state index < -0.39 is 5.97 Å². The summed E-state index contributed by atoms with van der Waals surface area (Å²) in [6.45, 7) is 0. The van der Waals surface area contributed by atoms with Crippen LogP contribution in [0.1, 0.15) is 10.4 Å². The van der Waals surface area contributed by atoms with Gasteiger partial charge in [-0.15, -0.1) is 11.5 Å². The van der Waals surface area contributed by atoms with Gasteiger partial charge in [0.25, 0.3) is 0 Å². The van der Waals surface area contributed by atoms with Gasteiger partial charge in [-0.3, -0.25) is 0 Å². The van der Waals surface area contributed by atoms with Gasteiger partial charge >= 0.3 is 43.7 Å². The maximum atomic E-state index is 10.3. The molecule has 0 atom stereocenters. The molecule has 3 rings (SSSR count). The average molecular weight is 364 g/mol. The fourth-order valence-electron chi connectivity index (χ4n) is 1.50. The fourth-order valence-corrected chi connectivity index (χ4v) is 1.50. The molecule has 0 heterocycles. The van der Waals surface area contributed by atoms with Crippen LogP contribution in [0.2, 0.25) is 0 Å². The Kier molecular flexibility index (Phi) is 12.0. The van der Waals surface area contributed by atoms with Gasteiger partial charge in [0.15, 0.2) is 0 Å². The van der Waals surface area contributed by atoms with Gasteiger partial charge in [-0.1, -0.05) is 72.8 Å². The standard InChI is InChI=1S/C7H6O3.2C6H6O.Ca/c8-6-4-2-1-3-5(6)7(9)10;2*7-6-4-2-1-3-5-6;/h1-4,8H,(H,9,10);2*1-5,7H;/q;;;+2/p-2. The van der Waals surface area contributed by atoms with Crippen molar-refractivity contribution in [3.05, 3.63) is 90.5 Å². The molecule has 0 bridgehead atoms. The van der Waals surface area contributed by atoms with Gasteiger partial charge in [0.2, 0.25) is 0 Å². The van der Waals surface area contributed by atoms with E-state index in [2.05, 4.69) is 0 Å². The van der Waals surface area contributed by atoms with Crippen LogP contribution in [0, 0.1) is 0 Å². The van der Waals surface area contributed by atoms with E-state index in [1.54, 1.807) is 36.4 Å². The summed E-state index contributed by atoms with van der Waals surface area (Å²) in [4.78, 5) is 10.3. The predicted octanol–water partition coefficient (Wildman–Crippen LogP) is 2.23. The molecular weight excluding hydrogens is 348 g/mol. The molecule has 0 aliphatic heterocycles. The van der Waals surface area contributed by atoms with Crippen LogP contribution in [0.5, 0.6) is 17.2 Å². The normalized spacial score (nSPS) is 8.48. The number of hydrogen-bond acceptors (Lipinski definition) is 4. The maximum Gasteiger partial charge on any atom is 2.00 e. The number of carboxylic acids is 1. The molecule has 0 spiro atoms. The van der Waals surface area contributed by atoms with E-state index in [0.717, 1.165) is 0 Å². The number of benzene rings is 3. The maximum absolute atomic E-state index is 10.3. The second-order valence-corrected chi connectivity index (χ2v) is 4.45. The van der Waals surface area contributed by atoms with Gasteiger partial charge in [0.1, 0.15) is 11.3 Å². The number of phenols is 1. The first-order chi connectivity index (χ1) is 11.5. The largest absolute Gasteiger partial charge is 2.00 e. The second-order valence-electron chi connectivity index (χ2n) is 4.45. The fraction of sp³-hybridized carbons (Fsp3) is 0. The van der Waals surface area contributed by atoms with Crippen LogP contribution in [0.4, 0.5) is 0 Å². The van der Waals surface area contributed by atoms with Gasteiger partial charge < -0.3 is 20.4 Å². The van der Waals surface area contributed by atoms with E-state index in [4.69, 9.17) is 10.2 Å². The van der Waals surface area contributed by atoms with E-state index in [1.807, 2.05) is 12.1 Å². The SMILES string of the molecule is O=C(O)c1ccccc1O.[Ca+2].[O-]c1ccccc1.[O-]c1ccccc1. The van der Waals surface area contributed by atoms with Gasteiger partial charge in [-0.05, 0) is 12.1 Å². The number of aromatic carboxylic acids is 1. The van der Waals surface area contributed by atoms with Crippen LogP contribution >= 0.6 is 0 Å². The number of aromatic hydroxyl groups is 1. The minimum absolute atomic E-state index is 0. The Morgan fingerprint density at radius 1 is 0.680 bits per heavy atom. The monoisotopic (exact) mass is 364 g/mol. The summed E-state index contributed by atoms with van der Waals surface area (Å²) in [5.74, 6) is -1.17. The molecule has 0 aromatic heterocycles. The van der Waals surface area contributed by atoms with Crippen molar-refractivity contribution < 1.29 is 25.2 Å². The van der Waals surface area contributed by atoms with E-state index in [9.17, 15) is 15.0 Å². The van der Waals surface area contributed by atoms with Crippen LogP contribution < -0.4 is 10.2 Å². The minimum Gasteiger partial charge on any atom is -0.872 e. The zero-order chi connectivity index (χ0) is 17.8. The van der Waals surface area contributed by atoms with E-state index in [0.29, 0.717) is 0 Å². The van der Waals surface area contributed by atoms with Crippen LogP contribution in [0.15, 0.2) is 84.9 Å². The van der Waals surface area contributed by atoms with Crippen LogP contribution in [0.3, 0.4) is 0 Å². The molecule has 3 aromatic rings. The predicted molar refractivity (Wildman–Crippen MR) is 92.6 cm³/mol. The molecule has 0 fully saturated rings. The molecule has 5 nitrogen and oxygen atoms in total. The molecule has 0 aliphatic rings. The molecular formula is C19H16CaO5. The first-order valence-corrected chi connectivity index (χ1v) is 6.96. The van der Waals surface area contributed by atoms with Crippen LogP contribution in [0.25, 0.3) is 0 Å². The summed E-state index contributed by atoms with van der Waals surface area (Å²) in [7, 11) is 0. The Labute approximate surface area is 175 Å². The number of rotatable bonds is 1. The van der Waals surface area contributed by atoms with Crippen molar-refractivity contribution in [1.29, 1.82) is 0 Å². The summed E-state index contributed by atoms with van der Waals surface area (Å²) in [5, 5.41) is 37.8. The molecule has 124 valence electrons. The summed E-state index contributed by atoms with van der Waals surface area (Å²) >= 11 is 0. The number of carbonyl (C=O) groups is 1. The third-order valence-electron chi connectivity index (χ3n) is 2.62. The first-order valence-electron chi connectivity index (χ1n) is 6.96. The third-order valence-corrected chi connectivity index (χ3v) is 2.62. The second kappa shape index (κ2) is 13.1. The zero-order valence-electron chi connectivity index (χ0n) is 13.4. The van der Waals surface area contributed by atoms with Gasteiger partial charge in [-0.25, -0.2) is 4.79 Å². The molecule has 0 radical (unpaired) electrons. The third kappa shape index (κ3) is 10.3. The molecule has 0 saturated carbocycles. The van der Waals surface area contributed by atoms with Crippen molar-refractivity contribution in [2.75, 3.05) is 0 Å². The molecule has 0 aliphatic carbocycles. The Morgan fingerprint density at radius 3 is 1.28 bits per heavy atom. The Bertz CT molecular complexity index is 696. The Morgan fingerprint density at radius 2 is 1.04 bits per heavy atom. The topological polar surface area (TPSA) is 104 Å². The van der Waals surface area contributed by atoms with E-state index in [-0.39, 0.29) is 60.6 Å². The summed E-state index contributed by atoms with van der Waals surface area (Å²) < 4.78 is 0. The van der Waals surface area contributed by atoms with Gasteiger partial charge in [0, 0.05) is 0 Å². The van der Waals surface area contributed by atoms with Gasteiger partial charge in [-0.2, -0.15) is 0 Å². The van der Waals surface area contributed by atoms with Crippen molar-refractivity contribution in [1.82, 2.24) is 0 Å².